The lowest BCUT2D eigenvalue weighted by Crippen LogP contribution is -2.39. The van der Waals surface area contributed by atoms with E-state index in [1.54, 1.807) is 25.2 Å². The van der Waals surface area contributed by atoms with Crippen molar-refractivity contribution in [2.24, 2.45) is 0 Å². The number of anilines is 1. The van der Waals surface area contributed by atoms with Crippen molar-refractivity contribution >= 4 is 40.6 Å². The Kier molecular flexibility index (Phi) is 7.09. The van der Waals surface area contributed by atoms with Crippen molar-refractivity contribution in [1.29, 1.82) is 0 Å². The molecule has 0 bridgehead atoms. The molecule has 3 N–H and O–H groups in total. The first-order chi connectivity index (χ1) is 14.8. The van der Waals surface area contributed by atoms with Gasteiger partial charge in [0.2, 0.25) is 5.95 Å². The Labute approximate surface area is 183 Å². The van der Waals surface area contributed by atoms with Crippen LogP contribution in [0.3, 0.4) is 0 Å². The van der Waals surface area contributed by atoms with Gasteiger partial charge in [0, 0.05) is 18.6 Å². The molecule has 0 aliphatic heterocycles. The third-order valence-electron chi connectivity index (χ3n) is 4.48. The highest BCUT2D eigenvalue weighted by Crippen LogP contribution is 2.14. The number of likely N-dealkylation sites (N-methyl/N-ethyl adjacent to an activating group) is 1. The Bertz CT molecular complexity index is 1160. The Hall–Kier alpha value is -3.59. The van der Waals surface area contributed by atoms with E-state index >= 15 is 0 Å². The Balaban J connectivity index is 1.46. The maximum atomic E-state index is 12.1. The summed E-state index contributed by atoms with van der Waals surface area (Å²) in [5.41, 5.74) is 1.83. The molecule has 2 aromatic carbocycles. The fourth-order valence-corrected chi connectivity index (χ4v) is 2.97. The number of halogens is 1. The van der Waals surface area contributed by atoms with Crippen LogP contribution < -0.4 is 16.2 Å². The number of fused-ring (bicyclic) bond motifs is 1. The van der Waals surface area contributed by atoms with E-state index in [0.717, 1.165) is 11.1 Å². The Morgan fingerprint density at radius 2 is 2.00 bits per heavy atom. The zero-order valence-electron chi connectivity index (χ0n) is 17.1. The van der Waals surface area contributed by atoms with Crippen molar-refractivity contribution in [3.63, 3.8) is 0 Å². The minimum absolute atomic E-state index is 0.0165. The molecule has 3 rings (SSSR count). The molecule has 0 aliphatic rings. The largest absolute Gasteiger partial charge is 0.447 e. The standard InChI is InChI=1S/C21H22ClN5O4/c1-13-7-8-17-15(11-13)18(28)25-19(24-17)26-21(30)31-10-9-27(2)20(29)23-12-14-5-3-4-6-16(14)22/h3-8,11H,9-10,12H2,1-2H3,(H,23,29)(H2,24,25,26,28,30). The van der Waals surface area contributed by atoms with Crippen LogP contribution in [0.5, 0.6) is 0 Å². The SMILES string of the molecule is Cc1ccc2nc(NC(=O)OCCN(C)C(=O)NCc3ccccc3Cl)[nH]c(=O)c2c1. The molecule has 3 aromatic rings. The monoisotopic (exact) mass is 443 g/mol. The summed E-state index contributed by atoms with van der Waals surface area (Å²) in [5, 5.41) is 6.13. The third kappa shape index (κ3) is 5.95. The average Bonchev–Trinajstić information content (AvgIpc) is 2.73. The van der Waals surface area contributed by atoms with E-state index in [2.05, 4.69) is 20.6 Å². The maximum absolute atomic E-state index is 12.1. The molecule has 162 valence electrons. The number of hydrogen-bond acceptors (Lipinski definition) is 5. The van der Waals surface area contributed by atoms with Crippen LogP contribution in [-0.2, 0) is 11.3 Å². The van der Waals surface area contributed by atoms with Gasteiger partial charge in [-0.2, -0.15) is 0 Å². The second-order valence-corrected chi connectivity index (χ2v) is 7.27. The molecular formula is C21H22ClN5O4. The fraction of sp³-hybridized carbons (Fsp3) is 0.238. The molecule has 0 spiro atoms. The minimum Gasteiger partial charge on any atom is -0.447 e. The summed E-state index contributed by atoms with van der Waals surface area (Å²) in [5.74, 6) is -0.0165. The second-order valence-electron chi connectivity index (χ2n) is 6.87. The van der Waals surface area contributed by atoms with Crippen LogP contribution in [0.25, 0.3) is 10.9 Å². The van der Waals surface area contributed by atoms with Crippen LogP contribution >= 0.6 is 11.6 Å². The molecular weight excluding hydrogens is 422 g/mol. The summed E-state index contributed by atoms with van der Waals surface area (Å²) >= 11 is 6.06. The molecule has 9 nitrogen and oxygen atoms in total. The Morgan fingerprint density at radius 1 is 1.23 bits per heavy atom. The first-order valence-electron chi connectivity index (χ1n) is 9.50. The zero-order chi connectivity index (χ0) is 22.4. The summed E-state index contributed by atoms with van der Waals surface area (Å²) in [6, 6.07) is 12.1. The predicted molar refractivity (Wildman–Crippen MR) is 118 cm³/mol. The van der Waals surface area contributed by atoms with Crippen LogP contribution in [0, 0.1) is 6.92 Å². The first-order valence-corrected chi connectivity index (χ1v) is 9.88. The molecule has 0 saturated carbocycles. The van der Waals surface area contributed by atoms with E-state index in [0.29, 0.717) is 15.9 Å². The summed E-state index contributed by atoms with van der Waals surface area (Å²) in [6.07, 6.45) is -0.792. The van der Waals surface area contributed by atoms with Crippen molar-refractivity contribution in [2.45, 2.75) is 13.5 Å². The first kappa shape index (κ1) is 22.1. The lowest BCUT2D eigenvalue weighted by molar-refractivity contribution is 0.146. The lowest BCUT2D eigenvalue weighted by Gasteiger charge is -2.18. The van der Waals surface area contributed by atoms with Gasteiger partial charge in [0.25, 0.3) is 5.56 Å². The number of hydrogen-bond donors (Lipinski definition) is 3. The summed E-state index contributed by atoms with van der Waals surface area (Å²) in [4.78, 5) is 44.4. The van der Waals surface area contributed by atoms with Crippen molar-refractivity contribution in [3.8, 4) is 0 Å². The van der Waals surface area contributed by atoms with E-state index in [1.807, 2.05) is 31.2 Å². The number of benzene rings is 2. The molecule has 10 heteroatoms. The van der Waals surface area contributed by atoms with Gasteiger partial charge in [0.1, 0.15) is 6.61 Å². The molecule has 1 heterocycles. The van der Waals surface area contributed by atoms with Gasteiger partial charge >= 0.3 is 12.1 Å². The van der Waals surface area contributed by atoms with Gasteiger partial charge in [0.05, 0.1) is 17.4 Å². The summed E-state index contributed by atoms with van der Waals surface area (Å²) < 4.78 is 5.06. The average molecular weight is 444 g/mol. The van der Waals surface area contributed by atoms with Crippen LogP contribution in [-0.4, -0.2) is 47.2 Å². The second kappa shape index (κ2) is 9.94. The molecule has 0 atom stereocenters. The van der Waals surface area contributed by atoms with Crippen molar-refractivity contribution < 1.29 is 14.3 Å². The van der Waals surface area contributed by atoms with Crippen molar-refractivity contribution in [2.75, 3.05) is 25.5 Å². The van der Waals surface area contributed by atoms with Gasteiger partial charge in [-0.05, 0) is 30.7 Å². The minimum atomic E-state index is -0.792. The fourth-order valence-electron chi connectivity index (χ4n) is 2.77. The topological polar surface area (TPSA) is 116 Å². The van der Waals surface area contributed by atoms with E-state index in [4.69, 9.17) is 16.3 Å². The Morgan fingerprint density at radius 3 is 2.77 bits per heavy atom. The van der Waals surface area contributed by atoms with Crippen molar-refractivity contribution in [1.82, 2.24) is 20.2 Å². The van der Waals surface area contributed by atoms with Gasteiger partial charge < -0.3 is 15.0 Å². The number of nitrogens with one attached hydrogen (secondary N) is 3. The number of H-pyrrole nitrogens is 1. The van der Waals surface area contributed by atoms with Crippen LogP contribution in [0.2, 0.25) is 5.02 Å². The van der Waals surface area contributed by atoms with Gasteiger partial charge in [-0.1, -0.05) is 41.4 Å². The zero-order valence-corrected chi connectivity index (χ0v) is 17.8. The van der Waals surface area contributed by atoms with Crippen LogP contribution in [0.1, 0.15) is 11.1 Å². The highest BCUT2D eigenvalue weighted by atomic mass is 35.5. The number of aromatic amines is 1. The molecule has 1 aromatic heterocycles. The maximum Gasteiger partial charge on any atom is 0.414 e. The number of nitrogens with zero attached hydrogens (tertiary/aromatic N) is 2. The van der Waals surface area contributed by atoms with E-state index in [9.17, 15) is 14.4 Å². The molecule has 0 aliphatic carbocycles. The number of rotatable bonds is 6. The van der Waals surface area contributed by atoms with Gasteiger partial charge in [0.15, 0.2) is 0 Å². The lowest BCUT2D eigenvalue weighted by atomic mass is 10.2. The quantitative estimate of drug-likeness (QED) is 0.540. The van der Waals surface area contributed by atoms with E-state index in [-0.39, 0.29) is 37.2 Å². The van der Waals surface area contributed by atoms with Crippen molar-refractivity contribution in [3.05, 3.63) is 69.0 Å². The van der Waals surface area contributed by atoms with Gasteiger partial charge in [-0.25, -0.2) is 14.6 Å². The van der Waals surface area contributed by atoms with Gasteiger partial charge in [-0.3, -0.25) is 15.1 Å². The van der Waals surface area contributed by atoms with E-state index < -0.39 is 6.09 Å². The normalized spacial score (nSPS) is 10.5. The number of aromatic nitrogens is 2. The molecule has 0 saturated heterocycles. The molecule has 0 unspecified atom stereocenters. The van der Waals surface area contributed by atoms with Gasteiger partial charge in [-0.15, -0.1) is 0 Å². The molecule has 0 radical (unpaired) electrons. The third-order valence-corrected chi connectivity index (χ3v) is 4.84. The molecule has 31 heavy (non-hydrogen) atoms. The number of ether oxygens (including phenoxy) is 1. The predicted octanol–water partition coefficient (Wildman–Crippen LogP) is 3.28. The summed E-state index contributed by atoms with van der Waals surface area (Å²) in [7, 11) is 1.58. The smallest absolute Gasteiger partial charge is 0.414 e. The van der Waals surface area contributed by atoms with E-state index in [1.165, 1.54) is 4.90 Å². The number of aryl methyl sites for hydroxylation is 1. The number of carbonyl (C=O) groups is 2. The molecule has 0 fully saturated rings. The van der Waals surface area contributed by atoms with Crippen LogP contribution in [0.4, 0.5) is 15.5 Å². The number of carbonyl (C=O) groups excluding carboxylic acids is 2. The highest BCUT2D eigenvalue weighted by Gasteiger charge is 2.12. The summed E-state index contributed by atoms with van der Waals surface area (Å²) in [6.45, 7) is 2.28. The number of amides is 3. The highest BCUT2D eigenvalue weighted by molar-refractivity contribution is 6.31. The number of urea groups is 1. The van der Waals surface area contributed by atoms with Crippen LogP contribution in [0.15, 0.2) is 47.3 Å². The molecule has 3 amide bonds.